The molecule has 0 aromatic heterocycles. The fraction of sp³-hybridized carbons (Fsp3) is 0.692. The van der Waals surface area contributed by atoms with Crippen LogP contribution in [0.2, 0.25) is 0 Å². The van der Waals surface area contributed by atoms with Crippen LogP contribution >= 0.6 is 0 Å². The van der Waals surface area contributed by atoms with Gasteiger partial charge in [-0.1, -0.05) is 11.6 Å². The Kier molecular flexibility index (Phi) is 4.32. The second-order valence-electron chi connectivity index (χ2n) is 5.38. The molecule has 1 rings (SSSR count). The summed E-state index contributed by atoms with van der Waals surface area (Å²) in [6.07, 6.45) is 5.24. The van der Waals surface area contributed by atoms with Gasteiger partial charge in [0.05, 0.1) is 0 Å². The Hall–Kier alpha value is -1.32. The largest absolute Gasteiger partial charge is 0.481 e. The van der Waals surface area contributed by atoms with E-state index in [1.54, 1.807) is 20.8 Å². The minimum Gasteiger partial charge on any atom is -0.481 e. The smallest absolute Gasteiger partial charge is 0.321 e. The summed E-state index contributed by atoms with van der Waals surface area (Å²) < 4.78 is 5.12. The van der Waals surface area contributed by atoms with Crippen LogP contribution < -0.4 is 0 Å². The average molecular weight is 240 g/mol. The molecule has 17 heavy (non-hydrogen) atoms. The van der Waals surface area contributed by atoms with E-state index in [2.05, 4.69) is 0 Å². The Labute approximate surface area is 102 Å². The molecule has 0 bridgehead atoms. The number of esters is 1. The predicted octanol–water partition coefficient (Wildman–Crippen LogP) is 2.53. The first-order chi connectivity index (χ1) is 7.79. The van der Waals surface area contributed by atoms with E-state index in [4.69, 9.17) is 9.84 Å². The van der Waals surface area contributed by atoms with Crippen LogP contribution in [0.25, 0.3) is 0 Å². The minimum atomic E-state index is -1.10. The highest BCUT2D eigenvalue weighted by Gasteiger charge is 2.32. The van der Waals surface area contributed by atoms with Crippen LogP contribution in [0.1, 0.15) is 46.5 Å². The Balaban J connectivity index is 2.65. The maximum Gasteiger partial charge on any atom is 0.321 e. The lowest BCUT2D eigenvalue weighted by Crippen LogP contribution is -2.32. The highest BCUT2D eigenvalue weighted by atomic mass is 16.6. The predicted molar refractivity (Wildman–Crippen MR) is 63.5 cm³/mol. The van der Waals surface area contributed by atoms with Gasteiger partial charge in [-0.2, -0.15) is 0 Å². The zero-order valence-corrected chi connectivity index (χ0v) is 10.7. The summed E-state index contributed by atoms with van der Waals surface area (Å²) in [6.45, 7) is 5.20. The fourth-order valence-corrected chi connectivity index (χ4v) is 1.83. The number of ether oxygens (including phenoxy) is 1. The summed E-state index contributed by atoms with van der Waals surface area (Å²) in [6, 6.07) is 0. The molecule has 0 aromatic rings. The van der Waals surface area contributed by atoms with Crippen LogP contribution in [-0.2, 0) is 14.3 Å². The van der Waals surface area contributed by atoms with E-state index in [1.165, 1.54) is 0 Å². The number of hydrogen-bond donors (Lipinski definition) is 1. The topological polar surface area (TPSA) is 63.6 Å². The Morgan fingerprint density at radius 1 is 1.47 bits per heavy atom. The summed E-state index contributed by atoms with van der Waals surface area (Å²) in [5.74, 6) is -2.82. The number of allylic oxidation sites excluding steroid dienone is 2. The van der Waals surface area contributed by atoms with Crippen molar-refractivity contribution in [2.75, 3.05) is 0 Å². The molecule has 0 aliphatic heterocycles. The first kappa shape index (κ1) is 13.7. The van der Waals surface area contributed by atoms with E-state index in [9.17, 15) is 9.59 Å². The van der Waals surface area contributed by atoms with Gasteiger partial charge in [0.1, 0.15) is 5.60 Å². The quantitative estimate of drug-likeness (QED) is 0.466. The van der Waals surface area contributed by atoms with Crippen molar-refractivity contribution in [1.29, 1.82) is 0 Å². The number of rotatable bonds is 4. The molecule has 0 unspecified atom stereocenters. The number of aliphatic carboxylic acids is 1. The number of carbonyl (C=O) groups is 2. The molecule has 1 N–H and O–H groups in total. The SMILES string of the molecule is CC(C)(C)OC(=O)[C@@H](CC1=CCCC1)C(=O)O. The molecule has 1 aliphatic rings. The lowest BCUT2D eigenvalue weighted by atomic mass is 9.99. The second-order valence-corrected chi connectivity index (χ2v) is 5.38. The van der Waals surface area contributed by atoms with Crippen LogP contribution in [0.3, 0.4) is 0 Å². The summed E-state index contributed by atoms with van der Waals surface area (Å²) in [5, 5.41) is 9.07. The fourth-order valence-electron chi connectivity index (χ4n) is 1.83. The standard InChI is InChI=1S/C13H20O4/c1-13(2,3)17-12(16)10(11(14)15)8-9-6-4-5-7-9/h6,10H,4-5,7-8H2,1-3H3,(H,14,15)/t10-/m0/s1. The first-order valence-corrected chi connectivity index (χ1v) is 5.93. The van der Waals surface area contributed by atoms with Crippen molar-refractivity contribution in [3.63, 3.8) is 0 Å². The molecule has 4 nitrogen and oxygen atoms in total. The van der Waals surface area contributed by atoms with Crippen LogP contribution in [0.15, 0.2) is 11.6 Å². The molecule has 0 radical (unpaired) electrons. The van der Waals surface area contributed by atoms with Crippen LogP contribution in [0.4, 0.5) is 0 Å². The zero-order valence-electron chi connectivity index (χ0n) is 10.7. The van der Waals surface area contributed by atoms with Crippen LogP contribution in [-0.4, -0.2) is 22.6 Å². The molecule has 0 heterocycles. The number of carboxylic acid groups (broad SMARTS) is 1. The van der Waals surface area contributed by atoms with E-state index in [0.717, 1.165) is 24.8 Å². The Morgan fingerprint density at radius 3 is 2.53 bits per heavy atom. The first-order valence-electron chi connectivity index (χ1n) is 5.93. The van der Waals surface area contributed by atoms with Crippen molar-refractivity contribution in [2.24, 2.45) is 5.92 Å². The molecule has 0 amide bonds. The van der Waals surface area contributed by atoms with Crippen molar-refractivity contribution < 1.29 is 19.4 Å². The van der Waals surface area contributed by atoms with Gasteiger partial charge in [0, 0.05) is 0 Å². The molecule has 1 aliphatic carbocycles. The Bertz CT molecular complexity index is 336. The third-order valence-corrected chi connectivity index (χ3v) is 2.59. The van der Waals surface area contributed by atoms with E-state index in [1.807, 2.05) is 6.08 Å². The third-order valence-electron chi connectivity index (χ3n) is 2.59. The van der Waals surface area contributed by atoms with Gasteiger partial charge in [0.2, 0.25) is 0 Å². The van der Waals surface area contributed by atoms with Crippen molar-refractivity contribution in [1.82, 2.24) is 0 Å². The number of hydrogen-bond acceptors (Lipinski definition) is 3. The molecule has 1 atom stereocenters. The zero-order chi connectivity index (χ0) is 13.1. The average Bonchev–Trinajstić information content (AvgIpc) is 2.62. The molecule has 0 saturated carbocycles. The maximum absolute atomic E-state index is 11.8. The molecule has 0 saturated heterocycles. The summed E-state index contributed by atoms with van der Waals surface area (Å²) >= 11 is 0. The van der Waals surface area contributed by atoms with Gasteiger partial charge in [-0.15, -0.1) is 0 Å². The molecule has 0 fully saturated rings. The van der Waals surface area contributed by atoms with Gasteiger partial charge in [-0.3, -0.25) is 9.59 Å². The van der Waals surface area contributed by atoms with Gasteiger partial charge >= 0.3 is 11.9 Å². The maximum atomic E-state index is 11.8. The molecular formula is C13H20O4. The highest BCUT2D eigenvalue weighted by Crippen LogP contribution is 2.26. The summed E-state index contributed by atoms with van der Waals surface area (Å²) in [7, 11) is 0. The summed E-state index contributed by atoms with van der Waals surface area (Å²) in [4.78, 5) is 22.8. The third kappa shape index (κ3) is 4.59. The molecule has 0 aromatic carbocycles. The van der Waals surface area contributed by atoms with Crippen LogP contribution in [0, 0.1) is 5.92 Å². The van der Waals surface area contributed by atoms with Gasteiger partial charge < -0.3 is 9.84 Å². The van der Waals surface area contributed by atoms with E-state index in [0.29, 0.717) is 0 Å². The molecular weight excluding hydrogens is 220 g/mol. The lowest BCUT2D eigenvalue weighted by molar-refractivity contribution is -0.166. The minimum absolute atomic E-state index is 0.282. The molecule has 0 spiro atoms. The summed E-state index contributed by atoms with van der Waals surface area (Å²) in [5.41, 5.74) is 0.415. The second kappa shape index (κ2) is 5.34. The molecule has 4 heteroatoms. The van der Waals surface area contributed by atoms with Crippen molar-refractivity contribution in [3.8, 4) is 0 Å². The lowest BCUT2D eigenvalue weighted by Gasteiger charge is -2.22. The Morgan fingerprint density at radius 2 is 2.12 bits per heavy atom. The number of carboxylic acids is 1. The van der Waals surface area contributed by atoms with E-state index in [-0.39, 0.29) is 6.42 Å². The molecule has 96 valence electrons. The highest BCUT2D eigenvalue weighted by molar-refractivity contribution is 5.94. The van der Waals surface area contributed by atoms with Gasteiger partial charge in [-0.05, 0) is 46.5 Å². The van der Waals surface area contributed by atoms with Crippen molar-refractivity contribution >= 4 is 11.9 Å². The van der Waals surface area contributed by atoms with Gasteiger partial charge in [0.15, 0.2) is 5.92 Å². The normalized spacial score (nSPS) is 17.5. The van der Waals surface area contributed by atoms with Gasteiger partial charge in [0.25, 0.3) is 0 Å². The van der Waals surface area contributed by atoms with Gasteiger partial charge in [-0.25, -0.2) is 0 Å². The van der Waals surface area contributed by atoms with E-state index < -0.39 is 23.5 Å². The van der Waals surface area contributed by atoms with Crippen molar-refractivity contribution in [2.45, 2.75) is 52.1 Å². The van der Waals surface area contributed by atoms with Crippen LogP contribution in [0.5, 0.6) is 0 Å². The number of carbonyl (C=O) groups excluding carboxylic acids is 1. The van der Waals surface area contributed by atoms with E-state index >= 15 is 0 Å². The monoisotopic (exact) mass is 240 g/mol. The van der Waals surface area contributed by atoms with Crippen molar-refractivity contribution in [3.05, 3.63) is 11.6 Å².